The van der Waals surface area contributed by atoms with Crippen molar-refractivity contribution in [3.63, 3.8) is 0 Å². The minimum atomic E-state index is 0. The lowest BCUT2D eigenvalue weighted by atomic mass is 10.1. The number of unbranched alkanes of at least 4 members (excludes halogenated alkanes) is 8. The molecule has 0 rings (SSSR count). The summed E-state index contributed by atoms with van der Waals surface area (Å²) in [4.78, 5) is 2.00. The van der Waals surface area contributed by atoms with E-state index in [1.165, 1.54) is 63.9 Å². The van der Waals surface area contributed by atoms with Crippen LogP contribution in [0, 0.1) is 0 Å². The molecule has 0 aromatic carbocycles. The van der Waals surface area contributed by atoms with Crippen molar-refractivity contribution < 1.29 is 0 Å². The SMILES string of the molecule is Br.CCCCCCCCCCCP.CN(C)C. The fourth-order valence-corrected chi connectivity index (χ4v) is 1.74. The van der Waals surface area contributed by atoms with Crippen LogP contribution >= 0.6 is 26.2 Å². The third-order valence-corrected chi connectivity index (χ3v) is 2.72. The average molecular weight is 328 g/mol. The van der Waals surface area contributed by atoms with Gasteiger partial charge in [-0.2, -0.15) is 0 Å². The molecule has 17 heavy (non-hydrogen) atoms. The second kappa shape index (κ2) is 22.1. The third kappa shape index (κ3) is 38.3. The zero-order valence-electron chi connectivity index (χ0n) is 12.5. The van der Waals surface area contributed by atoms with Crippen LogP contribution in [0.1, 0.15) is 64.7 Å². The minimum Gasteiger partial charge on any atom is -0.312 e. The van der Waals surface area contributed by atoms with Crippen molar-refractivity contribution in [3.05, 3.63) is 0 Å². The van der Waals surface area contributed by atoms with Crippen molar-refractivity contribution in [2.45, 2.75) is 64.7 Å². The normalized spacial score (nSPS) is 9.53. The lowest BCUT2D eigenvalue weighted by Crippen LogP contribution is -1.99. The van der Waals surface area contributed by atoms with E-state index in [1.54, 1.807) is 0 Å². The monoisotopic (exact) mass is 327 g/mol. The van der Waals surface area contributed by atoms with Crippen LogP contribution in [-0.4, -0.2) is 32.2 Å². The van der Waals surface area contributed by atoms with E-state index >= 15 is 0 Å². The molecule has 3 heteroatoms. The lowest BCUT2D eigenvalue weighted by Gasteiger charge is -1.99. The van der Waals surface area contributed by atoms with Crippen molar-refractivity contribution in [2.24, 2.45) is 0 Å². The van der Waals surface area contributed by atoms with Crippen LogP contribution in [0.15, 0.2) is 0 Å². The largest absolute Gasteiger partial charge is 0.312 e. The van der Waals surface area contributed by atoms with Gasteiger partial charge in [0.1, 0.15) is 0 Å². The molecule has 0 N–H and O–H groups in total. The van der Waals surface area contributed by atoms with Gasteiger partial charge < -0.3 is 4.90 Å². The van der Waals surface area contributed by atoms with Crippen LogP contribution < -0.4 is 0 Å². The quantitative estimate of drug-likeness (QED) is 0.418. The van der Waals surface area contributed by atoms with Crippen molar-refractivity contribution in [1.82, 2.24) is 4.90 Å². The molecular formula is C14H35BrNP. The molecule has 0 amide bonds. The predicted octanol–water partition coefficient (Wildman–Crippen LogP) is 5.15. The first kappa shape index (κ1) is 23.0. The Kier molecular flexibility index (Phi) is 29.9. The summed E-state index contributed by atoms with van der Waals surface area (Å²) in [5.41, 5.74) is 0. The van der Waals surface area contributed by atoms with Gasteiger partial charge in [-0.15, -0.1) is 26.2 Å². The van der Waals surface area contributed by atoms with Crippen LogP contribution in [-0.2, 0) is 0 Å². The molecule has 0 saturated carbocycles. The van der Waals surface area contributed by atoms with Gasteiger partial charge in [-0.05, 0) is 33.7 Å². The van der Waals surface area contributed by atoms with Gasteiger partial charge in [0.05, 0.1) is 0 Å². The second-order valence-corrected chi connectivity index (χ2v) is 5.54. The smallest absolute Gasteiger partial charge is 0.0140 e. The maximum atomic E-state index is 2.80. The summed E-state index contributed by atoms with van der Waals surface area (Å²) in [7, 11) is 8.80. The Morgan fingerprint density at radius 2 is 1.00 bits per heavy atom. The first-order chi connectivity index (χ1) is 7.65. The first-order valence-electron chi connectivity index (χ1n) is 6.96. The molecule has 1 nitrogen and oxygen atoms in total. The highest BCUT2D eigenvalue weighted by Crippen LogP contribution is 2.09. The summed E-state index contributed by atoms with van der Waals surface area (Å²) in [6.07, 6.45) is 14.3. The van der Waals surface area contributed by atoms with Gasteiger partial charge in [-0.25, -0.2) is 0 Å². The fraction of sp³-hybridized carbons (Fsp3) is 1.00. The Morgan fingerprint density at radius 1 is 0.706 bits per heavy atom. The van der Waals surface area contributed by atoms with Crippen LogP contribution in [0.25, 0.3) is 0 Å². The summed E-state index contributed by atoms with van der Waals surface area (Å²) in [5, 5.41) is 0. The highest BCUT2D eigenvalue weighted by Gasteiger charge is 1.90. The maximum absolute atomic E-state index is 2.80. The fourth-order valence-electron chi connectivity index (χ4n) is 1.45. The number of hydrogen-bond acceptors (Lipinski definition) is 1. The third-order valence-electron chi connectivity index (χ3n) is 2.31. The van der Waals surface area contributed by atoms with Crippen molar-refractivity contribution >= 4 is 26.2 Å². The number of rotatable bonds is 9. The number of hydrogen-bond donors (Lipinski definition) is 0. The Hall–Kier alpha value is 0.870. The number of halogens is 1. The molecule has 0 aliphatic heterocycles. The summed E-state index contributed by atoms with van der Waals surface area (Å²) >= 11 is 0. The van der Waals surface area contributed by atoms with E-state index in [9.17, 15) is 0 Å². The van der Waals surface area contributed by atoms with Gasteiger partial charge in [0.2, 0.25) is 0 Å². The standard InChI is InChI=1S/C11H25P.C3H9N.BrH/c1-2-3-4-5-6-7-8-9-10-11-12;1-4(2)3;/h2-12H2,1H3;1-3H3;1H. The topological polar surface area (TPSA) is 3.24 Å². The maximum Gasteiger partial charge on any atom is -0.0140 e. The summed E-state index contributed by atoms with van der Waals surface area (Å²) < 4.78 is 0. The number of nitrogens with zero attached hydrogens (tertiary/aromatic N) is 1. The molecule has 0 heterocycles. The van der Waals surface area contributed by atoms with Gasteiger partial charge in [0.25, 0.3) is 0 Å². The van der Waals surface area contributed by atoms with E-state index < -0.39 is 0 Å². The minimum absolute atomic E-state index is 0. The highest BCUT2D eigenvalue weighted by atomic mass is 79.9. The molecule has 0 spiro atoms. The Bertz CT molecular complexity index is 97.6. The van der Waals surface area contributed by atoms with Crippen molar-refractivity contribution in [2.75, 3.05) is 27.3 Å². The van der Waals surface area contributed by atoms with E-state index in [1.807, 2.05) is 26.0 Å². The van der Waals surface area contributed by atoms with Crippen LogP contribution in [0.4, 0.5) is 0 Å². The Labute approximate surface area is 123 Å². The van der Waals surface area contributed by atoms with Crippen molar-refractivity contribution in [1.29, 1.82) is 0 Å². The molecule has 0 aromatic heterocycles. The van der Waals surface area contributed by atoms with Gasteiger partial charge in [0.15, 0.2) is 0 Å². The van der Waals surface area contributed by atoms with Crippen molar-refractivity contribution in [3.8, 4) is 0 Å². The summed E-state index contributed by atoms with van der Waals surface area (Å²) in [5.74, 6) is 0. The molecule has 0 saturated heterocycles. The predicted molar refractivity (Wildman–Crippen MR) is 91.7 cm³/mol. The molecule has 1 unspecified atom stereocenters. The average Bonchev–Trinajstić information content (AvgIpc) is 2.21. The zero-order chi connectivity index (χ0) is 12.6. The Balaban J connectivity index is -0.000000340. The Morgan fingerprint density at radius 3 is 1.29 bits per heavy atom. The summed E-state index contributed by atoms with van der Waals surface area (Å²) in [6, 6.07) is 0. The van der Waals surface area contributed by atoms with Gasteiger partial charge in [0, 0.05) is 0 Å². The molecule has 108 valence electrons. The molecule has 0 aliphatic rings. The molecule has 0 fully saturated rings. The molecule has 0 aliphatic carbocycles. The summed E-state index contributed by atoms with van der Waals surface area (Å²) in [6.45, 7) is 2.28. The van der Waals surface area contributed by atoms with E-state index in [0.29, 0.717) is 0 Å². The van der Waals surface area contributed by atoms with Crippen LogP contribution in [0.5, 0.6) is 0 Å². The molecule has 1 atom stereocenters. The molecule has 0 bridgehead atoms. The zero-order valence-corrected chi connectivity index (χ0v) is 15.4. The van der Waals surface area contributed by atoms with Gasteiger partial charge in [-0.3, -0.25) is 0 Å². The van der Waals surface area contributed by atoms with Gasteiger partial charge >= 0.3 is 0 Å². The lowest BCUT2D eigenvalue weighted by molar-refractivity contribution is 0.505. The second-order valence-electron chi connectivity index (χ2n) is 4.96. The first-order valence-corrected chi connectivity index (χ1v) is 7.77. The van der Waals surface area contributed by atoms with E-state index in [4.69, 9.17) is 0 Å². The van der Waals surface area contributed by atoms with E-state index in [2.05, 4.69) is 16.2 Å². The molecular weight excluding hydrogens is 293 g/mol. The van der Waals surface area contributed by atoms with E-state index in [0.717, 1.165) is 0 Å². The van der Waals surface area contributed by atoms with Crippen LogP contribution in [0.3, 0.4) is 0 Å². The molecule has 0 aromatic rings. The van der Waals surface area contributed by atoms with Gasteiger partial charge in [-0.1, -0.05) is 58.3 Å². The highest BCUT2D eigenvalue weighted by molar-refractivity contribution is 8.93. The van der Waals surface area contributed by atoms with E-state index in [-0.39, 0.29) is 17.0 Å². The molecule has 0 radical (unpaired) electrons. The van der Waals surface area contributed by atoms with Crippen LogP contribution in [0.2, 0.25) is 0 Å².